The van der Waals surface area contributed by atoms with Crippen molar-refractivity contribution in [3.63, 3.8) is 0 Å². The van der Waals surface area contributed by atoms with E-state index in [-0.39, 0.29) is 18.8 Å². The molecular weight excluding hydrogens is 512 g/mol. The largest absolute Gasteiger partial charge is 0.463 e. The lowest BCUT2D eigenvalue weighted by Gasteiger charge is -2.48. The van der Waals surface area contributed by atoms with E-state index in [9.17, 15) is 62.6 Å². The first kappa shape index (κ1) is 32.5. The Morgan fingerprint density at radius 3 is 1.50 bits per heavy atom. The minimum absolute atomic E-state index is 0.0626. The van der Waals surface area contributed by atoms with E-state index in [4.69, 9.17) is 5.11 Å². The van der Waals surface area contributed by atoms with Gasteiger partial charge in [0.2, 0.25) is 0 Å². The Kier molecular flexibility index (Phi) is 10.2. The molecule has 34 heavy (non-hydrogen) atoms. The molecule has 0 aromatic rings. The van der Waals surface area contributed by atoms with Crippen LogP contribution in [0, 0.1) is 11.8 Å². The van der Waals surface area contributed by atoms with Gasteiger partial charge < -0.3 is 19.7 Å². The Hall–Kier alpha value is -1.49. The van der Waals surface area contributed by atoms with Crippen LogP contribution in [0.3, 0.4) is 0 Å². The monoisotopic (exact) mass is 534 g/mol. The molecule has 0 aliphatic rings. The van der Waals surface area contributed by atoms with E-state index in [0.717, 1.165) is 0 Å². The third-order valence-corrected chi connectivity index (χ3v) is 4.62. The van der Waals surface area contributed by atoms with Gasteiger partial charge in [-0.15, -0.1) is 0 Å². The summed E-state index contributed by atoms with van der Waals surface area (Å²) in [4.78, 5) is 11.9. The highest BCUT2D eigenvalue weighted by atomic mass is 19.4. The van der Waals surface area contributed by atoms with E-state index < -0.39 is 67.1 Å². The first-order chi connectivity index (χ1) is 14.9. The summed E-state index contributed by atoms with van der Waals surface area (Å²) in [6, 6.07) is 0. The zero-order valence-corrected chi connectivity index (χ0v) is 17.7. The maximum atomic E-state index is 13.3. The van der Waals surface area contributed by atoms with Crippen LogP contribution in [-0.4, -0.2) is 71.4 Å². The average molecular weight is 534 g/mol. The lowest BCUT2D eigenvalue weighted by Crippen LogP contribution is -2.81. The van der Waals surface area contributed by atoms with E-state index >= 15 is 0 Å². The smallest absolute Gasteiger partial charge is 0.430 e. The number of carbonyl (C=O) groups is 1. The van der Waals surface area contributed by atoms with Crippen molar-refractivity contribution in [2.45, 2.75) is 75.6 Å². The number of carbonyl (C=O) groups excluding carboxylic acids is 1. The first-order valence-electron chi connectivity index (χ1n) is 9.38. The fraction of sp³-hybridized carbons (Fsp3) is 0.941. The summed E-state index contributed by atoms with van der Waals surface area (Å²) in [5.74, 6) is -1.96. The summed E-state index contributed by atoms with van der Waals surface area (Å²) in [6.45, 7) is 0.991. The van der Waals surface area contributed by atoms with Crippen LogP contribution in [0.15, 0.2) is 0 Å². The van der Waals surface area contributed by atoms with Gasteiger partial charge in [-0.2, -0.15) is 52.7 Å². The fourth-order valence-electron chi connectivity index (χ4n) is 2.96. The molecule has 0 saturated heterocycles. The molecule has 0 amide bonds. The number of halogens is 12. The molecule has 0 aromatic carbocycles. The predicted molar refractivity (Wildman–Crippen MR) is 88.1 cm³/mol. The van der Waals surface area contributed by atoms with Crippen molar-refractivity contribution in [3.8, 4) is 0 Å². The van der Waals surface area contributed by atoms with Crippen molar-refractivity contribution in [1.29, 1.82) is 0 Å². The van der Waals surface area contributed by atoms with Crippen molar-refractivity contribution in [2.24, 2.45) is 11.8 Å². The van der Waals surface area contributed by atoms with E-state index in [1.807, 2.05) is 0 Å². The van der Waals surface area contributed by atoms with E-state index in [2.05, 4.69) is 9.47 Å². The Balaban J connectivity index is 6.14. The van der Waals surface area contributed by atoms with E-state index in [1.54, 1.807) is 13.8 Å². The number of alkyl halides is 12. The summed E-state index contributed by atoms with van der Waals surface area (Å²) in [5, 5.41) is 18.5. The van der Waals surface area contributed by atoms with Gasteiger partial charge in [0.1, 0.15) is 12.7 Å². The second kappa shape index (κ2) is 10.6. The topological polar surface area (TPSA) is 76.0 Å². The SMILES string of the molecule is CCC(CC(C)C)C(=O)OCC(O)COC(C(F)(F)F)(C(F)(F)F)C(O)(C(F)(F)F)C(F)(F)F. The van der Waals surface area contributed by atoms with Crippen LogP contribution in [0.4, 0.5) is 52.7 Å². The molecule has 2 unspecified atom stereocenters. The standard InChI is InChI=1S/C17H22F12O5/c1-4-9(5-8(2)3)11(31)33-6-10(30)7-34-13(16(24,25)26,17(27,28)29)12(32,14(18,19)20)15(21,22)23/h8-10,30,32H,4-7H2,1-3H3. The lowest BCUT2D eigenvalue weighted by atomic mass is 9.79. The van der Waals surface area contributed by atoms with Crippen molar-refractivity contribution in [1.82, 2.24) is 0 Å². The highest BCUT2D eigenvalue weighted by Crippen LogP contribution is 2.61. The van der Waals surface area contributed by atoms with Gasteiger partial charge in [-0.25, -0.2) is 0 Å². The number of hydrogen-bond acceptors (Lipinski definition) is 5. The Labute approximate surface area is 185 Å². The number of aliphatic hydroxyl groups is 2. The van der Waals surface area contributed by atoms with Crippen LogP contribution in [0.5, 0.6) is 0 Å². The number of hydrogen-bond donors (Lipinski definition) is 2. The van der Waals surface area contributed by atoms with Gasteiger partial charge in [-0.05, 0) is 18.8 Å². The summed E-state index contributed by atoms with van der Waals surface area (Å²) >= 11 is 0. The summed E-state index contributed by atoms with van der Waals surface area (Å²) in [5.41, 5.74) is -14.8. The van der Waals surface area contributed by atoms with Crippen LogP contribution < -0.4 is 0 Å². The van der Waals surface area contributed by atoms with Gasteiger partial charge in [0.15, 0.2) is 0 Å². The molecule has 0 bridgehead atoms. The minimum Gasteiger partial charge on any atom is -0.463 e. The van der Waals surface area contributed by atoms with Gasteiger partial charge >= 0.3 is 41.9 Å². The van der Waals surface area contributed by atoms with Crippen molar-refractivity contribution >= 4 is 5.97 Å². The third kappa shape index (κ3) is 6.38. The third-order valence-electron chi connectivity index (χ3n) is 4.62. The van der Waals surface area contributed by atoms with E-state index in [0.29, 0.717) is 0 Å². The highest BCUT2D eigenvalue weighted by molar-refractivity contribution is 5.72. The molecule has 0 aliphatic heterocycles. The van der Waals surface area contributed by atoms with Gasteiger partial charge in [0.25, 0.3) is 0 Å². The van der Waals surface area contributed by atoms with Gasteiger partial charge in [-0.3, -0.25) is 4.79 Å². The maximum absolute atomic E-state index is 13.3. The molecule has 17 heteroatoms. The predicted octanol–water partition coefficient (Wildman–Crippen LogP) is 4.70. The number of rotatable bonds is 10. The van der Waals surface area contributed by atoms with Crippen LogP contribution >= 0.6 is 0 Å². The Morgan fingerprint density at radius 2 is 1.21 bits per heavy atom. The molecule has 0 fully saturated rings. The van der Waals surface area contributed by atoms with Crippen molar-refractivity contribution < 1.29 is 77.2 Å². The summed E-state index contributed by atoms with van der Waals surface area (Å²) in [6.07, 6.45) is -32.6. The second-order valence-electron chi connectivity index (χ2n) is 7.71. The summed E-state index contributed by atoms with van der Waals surface area (Å²) in [7, 11) is 0. The van der Waals surface area contributed by atoms with Gasteiger partial charge in [0.05, 0.1) is 12.5 Å². The van der Waals surface area contributed by atoms with Crippen LogP contribution in [0.2, 0.25) is 0 Å². The first-order valence-corrected chi connectivity index (χ1v) is 9.38. The molecule has 2 atom stereocenters. The molecule has 0 heterocycles. The number of esters is 1. The molecule has 0 rings (SSSR count). The lowest BCUT2D eigenvalue weighted by molar-refractivity contribution is -0.504. The number of aliphatic hydroxyl groups excluding tert-OH is 1. The molecule has 0 radical (unpaired) electrons. The molecule has 0 saturated carbocycles. The quantitative estimate of drug-likeness (QED) is 0.314. The Morgan fingerprint density at radius 1 is 0.794 bits per heavy atom. The van der Waals surface area contributed by atoms with Crippen LogP contribution in [0.25, 0.3) is 0 Å². The van der Waals surface area contributed by atoms with Gasteiger partial charge in [0, 0.05) is 0 Å². The summed E-state index contributed by atoms with van der Waals surface area (Å²) < 4.78 is 165. The highest BCUT2D eigenvalue weighted by Gasteiger charge is 2.94. The van der Waals surface area contributed by atoms with Crippen molar-refractivity contribution in [3.05, 3.63) is 0 Å². The van der Waals surface area contributed by atoms with Gasteiger partial charge in [-0.1, -0.05) is 20.8 Å². The fourth-order valence-corrected chi connectivity index (χ4v) is 2.96. The van der Waals surface area contributed by atoms with Crippen LogP contribution in [-0.2, 0) is 14.3 Å². The molecule has 2 N–H and O–H groups in total. The molecule has 5 nitrogen and oxygen atoms in total. The maximum Gasteiger partial charge on any atom is 0.430 e. The molecule has 0 aromatic heterocycles. The molecular formula is C17H22F12O5. The zero-order valence-electron chi connectivity index (χ0n) is 17.7. The second-order valence-corrected chi connectivity index (χ2v) is 7.71. The van der Waals surface area contributed by atoms with E-state index in [1.165, 1.54) is 6.92 Å². The molecule has 0 aliphatic carbocycles. The average Bonchev–Trinajstić information content (AvgIpc) is 2.59. The zero-order chi connectivity index (χ0) is 27.6. The number of ether oxygens (including phenoxy) is 2. The van der Waals surface area contributed by atoms with Crippen LogP contribution in [0.1, 0.15) is 33.6 Å². The minimum atomic E-state index is -7.60. The molecule has 204 valence electrons. The normalized spacial score (nSPS) is 16.5. The molecule has 0 spiro atoms. The Bertz CT molecular complexity index is 638. The van der Waals surface area contributed by atoms with Crippen molar-refractivity contribution in [2.75, 3.05) is 13.2 Å².